The molecule has 0 spiro atoms. The average Bonchev–Trinajstić information content (AvgIpc) is 2.26. The summed E-state index contributed by atoms with van der Waals surface area (Å²) < 4.78 is 5.18. The number of aliphatic hydroxyl groups is 1. The second kappa shape index (κ2) is 6.82. The molecule has 1 unspecified atom stereocenters. The number of carbonyl (C=O) groups is 1. The molecular formula is C14H21NO3S. The van der Waals surface area contributed by atoms with Crippen LogP contribution in [0.4, 0.5) is 5.69 Å². The Kier molecular flexibility index (Phi) is 5.69. The summed E-state index contributed by atoms with van der Waals surface area (Å²) in [6.45, 7) is 5.49. The first-order chi connectivity index (χ1) is 8.78. The number of ether oxygens (including phenoxy) is 1. The van der Waals surface area contributed by atoms with Gasteiger partial charge in [0.25, 0.3) is 0 Å². The SMILES string of the molecule is CC(C)(C)OC(=O)CSCC(O)c1cccc(N)c1. The molecule has 0 radical (unpaired) electrons. The maximum Gasteiger partial charge on any atom is 0.316 e. The van der Waals surface area contributed by atoms with Gasteiger partial charge in [-0.1, -0.05) is 12.1 Å². The topological polar surface area (TPSA) is 72.5 Å². The molecule has 19 heavy (non-hydrogen) atoms. The first-order valence-electron chi connectivity index (χ1n) is 6.11. The van der Waals surface area contributed by atoms with Crippen molar-refractivity contribution in [2.24, 2.45) is 0 Å². The predicted molar refractivity (Wildman–Crippen MR) is 79.0 cm³/mol. The number of thioether (sulfide) groups is 1. The highest BCUT2D eigenvalue weighted by Gasteiger charge is 2.16. The van der Waals surface area contributed by atoms with Gasteiger partial charge in [-0.05, 0) is 38.5 Å². The fourth-order valence-electron chi connectivity index (χ4n) is 1.49. The smallest absolute Gasteiger partial charge is 0.316 e. The van der Waals surface area contributed by atoms with Crippen LogP contribution in [-0.2, 0) is 9.53 Å². The third-order valence-electron chi connectivity index (χ3n) is 2.21. The molecule has 1 rings (SSSR count). The average molecular weight is 283 g/mol. The van der Waals surface area contributed by atoms with E-state index in [1.54, 1.807) is 18.2 Å². The number of aliphatic hydroxyl groups excluding tert-OH is 1. The minimum atomic E-state index is -0.629. The van der Waals surface area contributed by atoms with E-state index in [1.807, 2.05) is 26.8 Å². The third kappa shape index (κ3) is 6.50. The van der Waals surface area contributed by atoms with Crippen LogP contribution in [0.1, 0.15) is 32.4 Å². The van der Waals surface area contributed by atoms with Gasteiger partial charge in [0.1, 0.15) is 5.60 Å². The van der Waals surface area contributed by atoms with Crippen LogP contribution >= 0.6 is 11.8 Å². The summed E-state index contributed by atoms with van der Waals surface area (Å²) in [7, 11) is 0. The first-order valence-corrected chi connectivity index (χ1v) is 7.26. The number of carbonyl (C=O) groups excluding carboxylic acids is 1. The van der Waals surface area contributed by atoms with E-state index in [0.717, 1.165) is 5.56 Å². The van der Waals surface area contributed by atoms with Gasteiger partial charge in [0.15, 0.2) is 0 Å². The van der Waals surface area contributed by atoms with Crippen molar-refractivity contribution in [3.05, 3.63) is 29.8 Å². The highest BCUT2D eigenvalue weighted by Crippen LogP contribution is 2.20. The van der Waals surface area contributed by atoms with Crippen LogP contribution in [0.2, 0.25) is 0 Å². The Morgan fingerprint density at radius 1 is 1.47 bits per heavy atom. The molecule has 0 aliphatic heterocycles. The van der Waals surface area contributed by atoms with Crippen LogP contribution < -0.4 is 5.73 Å². The van der Waals surface area contributed by atoms with E-state index in [1.165, 1.54) is 11.8 Å². The fourth-order valence-corrected chi connectivity index (χ4v) is 2.25. The van der Waals surface area contributed by atoms with Crippen molar-refractivity contribution in [1.82, 2.24) is 0 Å². The monoisotopic (exact) mass is 283 g/mol. The predicted octanol–water partition coefficient (Wildman–Crippen LogP) is 2.38. The van der Waals surface area contributed by atoms with E-state index < -0.39 is 11.7 Å². The molecule has 5 heteroatoms. The van der Waals surface area contributed by atoms with Crippen molar-refractivity contribution in [1.29, 1.82) is 0 Å². The molecule has 0 fully saturated rings. The number of anilines is 1. The molecule has 0 aromatic heterocycles. The Hall–Kier alpha value is -1.20. The summed E-state index contributed by atoms with van der Waals surface area (Å²) in [5.41, 5.74) is 6.56. The molecular weight excluding hydrogens is 262 g/mol. The molecule has 1 aromatic carbocycles. The van der Waals surface area contributed by atoms with Crippen LogP contribution in [-0.4, -0.2) is 28.2 Å². The Bertz CT molecular complexity index is 429. The zero-order valence-corrected chi connectivity index (χ0v) is 12.4. The van der Waals surface area contributed by atoms with Crippen molar-refractivity contribution in [3.8, 4) is 0 Å². The number of rotatable bonds is 5. The highest BCUT2D eigenvalue weighted by molar-refractivity contribution is 7.99. The van der Waals surface area contributed by atoms with Crippen molar-refractivity contribution in [2.75, 3.05) is 17.2 Å². The molecule has 0 saturated carbocycles. The largest absolute Gasteiger partial charge is 0.459 e. The Balaban J connectivity index is 2.35. The zero-order chi connectivity index (χ0) is 14.5. The maximum atomic E-state index is 11.5. The van der Waals surface area contributed by atoms with E-state index >= 15 is 0 Å². The van der Waals surface area contributed by atoms with Crippen LogP contribution in [0.25, 0.3) is 0 Å². The van der Waals surface area contributed by atoms with Gasteiger partial charge in [-0.25, -0.2) is 0 Å². The van der Waals surface area contributed by atoms with E-state index in [4.69, 9.17) is 10.5 Å². The number of nitrogens with two attached hydrogens (primary N) is 1. The van der Waals surface area contributed by atoms with Crippen molar-refractivity contribution in [2.45, 2.75) is 32.5 Å². The summed E-state index contributed by atoms with van der Waals surface area (Å²) in [5, 5.41) is 9.96. The van der Waals surface area contributed by atoms with Gasteiger partial charge in [0.2, 0.25) is 0 Å². The van der Waals surface area contributed by atoms with Crippen molar-refractivity contribution >= 4 is 23.4 Å². The standard InChI is InChI=1S/C14H21NO3S/c1-14(2,3)18-13(17)9-19-8-12(16)10-5-4-6-11(15)7-10/h4-7,12,16H,8-9,15H2,1-3H3. The Morgan fingerprint density at radius 3 is 2.74 bits per heavy atom. The Labute approximate surface area is 118 Å². The van der Waals surface area contributed by atoms with E-state index in [2.05, 4.69) is 0 Å². The van der Waals surface area contributed by atoms with Crippen molar-refractivity contribution in [3.63, 3.8) is 0 Å². The molecule has 0 saturated heterocycles. The van der Waals surface area contributed by atoms with Gasteiger partial charge >= 0.3 is 5.97 Å². The third-order valence-corrected chi connectivity index (χ3v) is 3.20. The quantitative estimate of drug-likeness (QED) is 0.641. The molecule has 1 atom stereocenters. The van der Waals surface area contributed by atoms with Crippen LogP contribution in [0, 0.1) is 0 Å². The van der Waals surface area contributed by atoms with Gasteiger partial charge in [0.05, 0.1) is 11.9 Å². The van der Waals surface area contributed by atoms with Crippen molar-refractivity contribution < 1.29 is 14.6 Å². The lowest BCUT2D eigenvalue weighted by atomic mass is 10.1. The molecule has 4 nitrogen and oxygen atoms in total. The van der Waals surface area contributed by atoms with Gasteiger partial charge in [-0.15, -0.1) is 11.8 Å². The normalized spacial score (nSPS) is 13.1. The second-order valence-corrected chi connectivity index (χ2v) is 6.32. The van der Waals surface area contributed by atoms with Crippen LogP contribution in [0.5, 0.6) is 0 Å². The minimum Gasteiger partial charge on any atom is -0.459 e. The number of hydrogen-bond acceptors (Lipinski definition) is 5. The van der Waals surface area contributed by atoms with Gasteiger partial charge in [-0.3, -0.25) is 4.79 Å². The molecule has 1 aromatic rings. The fraction of sp³-hybridized carbons (Fsp3) is 0.500. The van der Waals surface area contributed by atoms with Gasteiger partial charge in [-0.2, -0.15) is 0 Å². The summed E-state index contributed by atoms with van der Waals surface area (Å²) >= 11 is 1.35. The molecule has 0 aliphatic rings. The zero-order valence-electron chi connectivity index (χ0n) is 11.6. The van der Waals surface area contributed by atoms with Gasteiger partial charge in [0, 0.05) is 11.4 Å². The second-order valence-electron chi connectivity index (χ2n) is 5.29. The lowest BCUT2D eigenvalue weighted by molar-refractivity contribution is -0.151. The van der Waals surface area contributed by atoms with E-state index in [0.29, 0.717) is 11.4 Å². The van der Waals surface area contributed by atoms with Crippen LogP contribution in [0.15, 0.2) is 24.3 Å². The number of nitrogen functional groups attached to an aromatic ring is 1. The minimum absolute atomic E-state index is 0.233. The lowest BCUT2D eigenvalue weighted by Gasteiger charge is -2.19. The summed E-state index contributed by atoms with van der Waals surface area (Å²) in [5.74, 6) is 0.400. The molecule has 0 amide bonds. The molecule has 0 aliphatic carbocycles. The molecule has 0 heterocycles. The summed E-state index contributed by atoms with van der Waals surface area (Å²) in [6.07, 6.45) is -0.629. The van der Waals surface area contributed by atoms with E-state index in [9.17, 15) is 9.90 Å². The van der Waals surface area contributed by atoms with Crippen LogP contribution in [0.3, 0.4) is 0 Å². The number of hydrogen-bond donors (Lipinski definition) is 2. The maximum absolute atomic E-state index is 11.5. The first kappa shape index (κ1) is 15.9. The molecule has 106 valence electrons. The number of esters is 1. The highest BCUT2D eigenvalue weighted by atomic mass is 32.2. The molecule has 0 bridgehead atoms. The molecule has 3 N–H and O–H groups in total. The lowest BCUT2D eigenvalue weighted by Crippen LogP contribution is -2.25. The Morgan fingerprint density at radius 2 is 2.16 bits per heavy atom. The summed E-state index contributed by atoms with van der Waals surface area (Å²) in [4.78, 5) is 11.5. The van der Waals surface area contributed by atoms with Gasteiger partial charge < -0.3 is 15.6 Å². The van der Waals surface area contributed by atoms with E-state index in [-0.39, 0.29) is 11.7 Å². The summed E-state index contributed by atoms with van der Waals surface area (Å²) in [6, 6.07) is 7.12. The number of benzene rings is 1.